The van der Waals surface area contributed by atoms with Gasteiger partial charge in [0.2, 0.25) is 0 Å². The van der Waals surface area contributed by atoms with Gasteiger partial charge in [0.05, 0.1) is 13.2 Å². The summed E-state index contributed by atoms with van der Waals surface area (Å²) in [5.41, 5.74) is 7.09. The molecule has 0 amide bonds. The lowest BCUT2D eigenvalue weighted by Gasteiger charge is -2.46. The number of morpholine rings is 1. The highest BCUT2D eigenvalue weighted by atomic mass is 16.5. The first-order valence-corrected chi connectivity index (χ1v) is 9.94. The van der Waals surface area contributed by atoms with Crippen molar-refractivity contribution in [1.82, 2.24) is 20.2 Å². The molecule has 0 radical (unpaired) electrons. The van der Waals surface area contributed by atoms with Crippen molar-refractivity contribution in [2.75, 3.05) is 55.8 Å². The molecule has 0 saturated carbocycles. The molecule has 2 aliphatic heterocycles. The quantitative estimate of drug-likeness (QED) is 0.592. The molecule has 8 nitrogen and oxygen atoms in total. The second-order valence-corrected chi connectivity index (χ2v) is 9.01. The van der Waals surface area contributed by atoms with Crippen LogP contribution in [-0.2, 0) is 4.74 Å². The van der Waals surface area contributed by atoms with Gasteiger partial charge in [-0.15, -0.1) is 0 Å². The van der Waals surface area contributed by atoms with E-state index >= 15 is 0 Å². The van der Waals surface area contributed by atoms with Crippen molar-refractivity contribution in [2.45, 2.75) is 57.7 Å². The standard InChI is InChI=1S/C19H35N7O/c1-18(2)11-14(12-19(3,4)25-18)24-17-15(20)16(22-13-23-17)21-5-6-26-7-9-27-10-8-26/h13-14,25H,5-12,20H2,1-4H3,(H2,21,22,23,24). The first kappa shape index (κ1) is 20.1. The molecule has 0 bridgehead atoms. The van der Waals surface area contributed by atoms with Crippen molar-refractivity contribution < 1.29 is 4.74 Å². The molecule has 0 atom stereocenters. The number of piperidine rings is 1. The third-order valence-electron chi connectivity index (χ3n) is 5.24. The average Bonchev–Trinajstić information content (AvgIpc) is 2.56. The molecule has 8 heteroatoms. The number of anilines is 3. The number of rotatable bonds is 6. The van der Waals surface area contributed by atoms with E-state index in [1.807, 2.05) is 0 Å². The zero-order valence-electron chi connectivity index (χ0n) is 17.1. The van der Waals surface area contributed by atoms with E-state index in [1.165, 1.54) is 0 Å². The smallest absolute Gasteiger partial charge is 0.155 e. The molecule has 1 aromatic rings. The van der Waals surface area contributed by atoms with Gasteiger partial charge >= 0.3 is 0 Å². The molecule has 0 aliphatic carbocycles. The van der Waals surface area contributed by atoms with E-state index in [2.05, 4.69) is 58.5 Å². The van der Waals surface area contributed by atoms with E-state index in [-0.39, 0.29) is 11.1 Å². The number of nitrogens with two attached hydrogens (primary N) is 1. The van der Waals surface area contributed by atoms with Crippen molar-refractivity contribution >= 4 is 17.3 Å². The number of nitrogens with one attached hydrogen (secondary N) is 3. The van der Waals surface area contributed by atoms with Crippen LogP contribution in [-0.4, -0.2) is 71.4 Å². The predicted octanol–water partition coefficient (Wildman–Crippen LogP) is 1.52. The molecule has 2 aliphatic rings. The predicted molar refractivity (Wildman–Crippen MR) is 110 cm³/mol. The SMILES string of the molecule is CC1(C)CC(Nc2ncnc(NCCN3CCOCC3)c2N)CC(C)(C)N1. The van der Waals surface area contributed by atoms with Crippen molar-refractivity contribution in [3.8, 4) is 0 Å². The van der Waals surface area contributed by atoms with Gasteiger partial charge in [-0.3, -0.25) is 4.90 Å². The minimum Gasteiger partial charge on any atom is -0.393 e. The average molecular weight is 378 g/mol. The fourth-order valence-electron chi connectivity index (χ4n) is 4.43. The molecule has 2 fully saturated rings. The van der Waals surface area contributed by atoms with E-state index in [9.17, 15) is 0 Å². The molecule has 5 N–H and O–H groups in total. The lowest BCUT2D eigenvalue weighted by atomic mass is 9.79. The molecule has 2 saturated heterocycles. The Bertz CT molecular complexity index is 612. The first-order valence-electron chi connectivity index (χ1n) is 9.94. The third-order valence-corrected chi connectivity index (χ3v) is 5.24. The highest BCUT2D eigenvalue weighted by Crippen LogP contribution is 2.32. The lowest BCUT2D eigenvalue weighted by Crippen LogP contribution is -2.60. The van der Waals surface area contributed by atoms with E-state index in [4.69, 9.17) is 10.5 Å². The summed E-state index contributed by atoms with van der Waals surface area (Å²) in [6.45, 7) is 14.3. The summed E-state index contributed by atoms with van der Waals surface area (Å²) < 4.78 is 5.39. The van der Waals surface area contributed by atoms with Crippen molar-refractivity contribution in [3.63, 3.8) is 0 Å². The number of nitrogen functional groups attached to an aromatic ring is 1. The van der Waals surface area contributed by atoms with Gasteiger partial charge in [0.25, 0.3) is 0 Å². The van der Waals surface area contributed by atoms with E-state index < -0.39 is 0 Å². The maximum atomic E-state index is 6.36. The number of aromatic nitrogens is 2. The largest absolute Gasteiger partial charge is 0.393 e. The molecule has 152 valence electrons. The fourth-order valence-corrected chi connectivity index (χ4v) is 4.43. The monoisotopic (exact) mass is 377 g/mol. The molecule has 0 aromatic carbocycles. The summed E-state index contributed by atoms with van der Waals surface area (Å²) >= 11 is 0. The maximum absolute atomic E-state index is 6.36. The Hall–Kier alpha value is -1.64. The Labute approximate surface area is 162 Å². The number of hydrogen-bond acceptors (Lipinski definition) is 8. The van der Waals surface area contributed by atoms with Gasteiger partial charge in [-0.2, -0.15) is 0 Å². The summed E-state index contributed by atoms with van der Waals surface area (Å²) in [7, 11) is 0. The Balaban J connectivity index is 1.59. The van der Waals surface area contributed by atoms with Crippen LogP contribution in [0.5, 0.6) is 0 Å². The summed E-state index contributed by atoms with van der Waals surface area (Å²) in [5.74, 6) is 1.42. The van der Waals surface area contributed by atoms with Gasteiger partial charge in [-0.05, 0) is 40.5 Å². The zero-order valence-corrected chi connectivity index (χ0v) is 17.1. The Morgan fingerprint density at radius 3 is 2.44 bits per heavy atom. The van der Waals surface area contributed by atoms with Crippen molar-refractivity contribution in [2.24, 2.45) is 0 Å². The molecule has 3 heterocycles. The zero-order chi connectivity index (χ0) is 19.5. The third kappa shape index (κ3) is 5.67. The molecule has 0 spiro atoms. The van der Waals surface area contributed by atoms with Crippen molar-refractivity contribution in [3.05, 3.63) is 6.33 Å². The van der Waals surface area contributed by atoms with Gasteiger partial charge in [0.15, 0.2) is 11.6 Å². The van der Waals surface area contributed by atoms with Gasteiger partial charge < -0.3 is 26.4 Å². The van der Waals surface area contributed by atoms with E-state index in [1.54, 1.807) is 6.33 Å². The van der Waals surface area contributed by atoms with Gasteiger partial charge in [0, 0.05) is 43.3 Å². The number of nitrogens with zero attached hydrogens (tertiary/aromatic N) is 3. The van der Waals surface area contributed by atoms with Gasteiger partial charge in [-0.25, -0.2) is 9.97 Å². The summed E-state index contributed by atoms with van der Waals surface area (Å²) in [5, 5.41) is 10.6. The van der Waals surface area contributed by atoms with E-state index in [0.717, 1.165) is 58.1 Å². The van der Waals surface area contributed by atoms with Gasteiger partial charge in [-0.1, -0.05) is 0 Å². The second kappa shape index (κ2) is 8.16. The van der Waals surface area contributed by atoms with Crippen LogP contribution in [0.1, 0.15) is 40.5 Å². The molecule has 3 rings (SSSR count). The number of ether oxygens (including phenoxy) is 1. The molecule has 27 heavy (non-hydrogen) atoms. The van der Waals surface area contributed by atoms with Crippen LogP contribution in [0.15, 0.2) is 6.33 Å². The summed E-state index contributed by atoms with van der Waals surface area (Å²) in [4.78, 5) is 11.1. The topological polar surface area (TPSA) is 100 Å². The van der Waals surface area contributed by atoms with Crippen LogP contribution in [0.3, 0.4) is 0 Å². The van der Waals surface area contributed by atoms with Gasteiger partial charge in [0.1, 0.15) is 12.0 Å². The highest BCUT2D eigenvalue weighted by molar-refractivity contribution is 5.74. The second-order valence-electron chi connectivity index (χ2n) is 9.01. The minimum absolute atomic E-state index is 0.0699. The minimum atomic E-state index is 0.0699. The van der Waals surface area contributed by atoms with Crippen molar-refractivity contribution in [1.29, 1.82) is 0 Å². The van der Waals surface area contributed by atoms with Crippen LogP contribution in [0, 0.1) is 0 Å². The summed E-state index contributed by atoms with van der Waals surface area (Å²) in [6.07, 6.45) is 3.60. The van der Waals surface area contributed by atoms with Crippen LogP contribution < -0.4 is 21.7 Å². The van der Waals surface area contributed by atoms with Crippen LogP contribution in [0.25, 0.3) is 0 Å². The molecular formula is C19H35N7O. The van der Waals surface area contributed by atoms with Crippen LogP contribution in [0.2, 0.25) is 0 Å². The van der Waals surface area contributed by atoms with Crippen LogP contribution in [0.4, 0.5) is 17.3 Å². The van der Waals surface area contributed by atoms with Crippen LogP contribution >= 0.6 is 0 Å². The normalized spacial score (nSPS) is 23.1. The van der Waals surface area contributed by atoms with E-state index in [0.29, 0.717) is 17.5 Å². The highest BCUT2D eigenvalue weighted by Gasteiger charge is 2.37. The Morgan fingerprint density at radius 2 is 1.78 bits per heavy atom. The Morgan fingerprint density at radius 1 is 1.15 bits per heavy atom. The maximum Gasteiger partial charge on any atom is 0.155 e. The Kier molecular flexibility index (Phi) is 6.08. The number of hydrogen-bond donors (Lipinski definition) is 4. The first-order chi connectivity index (χ1) is 12.7. The molecule has 1 aromatic heterocycles. The molecule has 0 unspecified atom stereocenters. The lowest BCUT2D eigenvalue weighted by molar-refractivity contribution is 0.0398. The molecular weight excluding hydrogens is 342 g/mol. The summed E-state index contributed by atoms with van der Waals surface area (Å²) in [6, 6.07) is 0.314. The fraction of sp³-hybridized carbons (Fsp3) is 0.789.